The minimum absolute atomic E-state index is 0.200. The quantitative estimate of drug-likeness (QED) is 0.645. The largest absolute Gasteiger partial charge is 0.317 e. The lowest BCUT2D eigenvalue weighted by molar-refractivity contribution is -0.385. The van der Waals surface area contributed by atoms with Gasteiger partial charge in [0.25, 0.3) is 5.69 Å². The van der Waals surface area contributed by atoms with Gasteiger partial charge in [0.2, 0.25) is 0 Å². The second-order valence-electron chi connectivity index (χ2n) is 4.48. The summed E-state index contributed by atoms with van der Waals surface area (Å²) >= 11 is 3.27. The molecule has 0 aliphatic carbocycles. The number of hydrogen-bond donors (Lipinski definition) is 1. The van der Waals surface area contributed by atoms with E-state index in [-0.39, 0.29) is 10.6 Å². The fourth-order valence-electron chi connectivity index (χ4n) is 2.07. The Bertz CT molecular complexity index is 423. The molecule has 1 N–H and O–H groups in total. The first-order chi connectivity index (χ1) is 8.49. The van der Waals surface area contributed by atoms with E-state index in [0.29, 0.717) is 12.0 Å². The zero-order valence-electron chi connectivity index (χ0n) is 10.9. The Kier molecular flexibility index (Phi) is 5.75. The van der Waals surface area contributed by atoms with Gasteiger partial charge in [0.05, 0.1) is 4.92 Å². The predicted octanol–water partition coefficient (Wildman–Crippen LogP) is 3.53. The maximum absolute atomic E-state index is 11.1. The molecule has 0 radical (unpaired) electrons. The average molecular weight is 315 g/mol. The number of nitro groups is 1. The van der Waals surface area contributed by atoms with Gasteiger partial charge >= 0.3 is 0 Å². The van der Waals surface area contributed by atoms with E-state index in [0.717, 1.165) is 22.9 Å². The van der Waals surface area contributed by atoms with E-state index in [1.165, 1.54) is 0 Å². The van der Waals surface area contributed by atoms with E-state index in [9.17, 15) is 10.1 Å². The summed E-state index contributed by atoms with van der Waals surface area (Å²) in [4.78, 5) is 10.7. The van der Waals surface area contributed by atoms with Crippen molar-refractivity contribution >= 4 is 21.6 Å². The molecule has 5 heteroatoms. The van der Waals surface area contributed by atoms with Crippen molar-refractivity contribution in [3.05, 3.63) is 38.3 Å². The SMILES string of the molecule is CCC(Cc1ccc(Br)cc1[N+](=O)[O-])C(C)NC. The van der Waals surface area contributed by atoms with Crippen molar-refractivity contribution < 1.29 is 4.92 Å². The van der Waals surface area contributed by atoms with Crippen LogP contribution in [0.3, 0.4) is 0 Å². The smallest absolute Gasteiger partial charge is 0.273 e. The number of benzene rings is 1. The summed E-state index contributed by atoms with van der Waals surface area (Å²) in [6.07, 6.45) is 1.72. The van der Waals surface area contributed by atoms with E-state index in [4.69, 9.17) is 0 Å². The molecule has 0 aliphatic rings. The standard InChI is InChI=1S/C13H19BrN2O2/c1-4-10(9(2)15-3)7-11-5-6-12(14)8-13(11)16(17)18/h5-6,8-10,15H,4,7H2,1-3H3. The molecule has 0 bridgehead atoms. The maximum atomic E-state index is 11.1. The van der Waals surface area contributed by atoms with Crippen LogP contribution in [0.5, 0.6) is 0 Å². The summed E-state index contributed by atoms with van der Waals surface area (Å²) in [5, 5.41) is 14.3. The lowest BCUT2D eigenvalue weighted by atomic mass is 9.90. The Hall–Kier alpha value is -0.940. The summed E-state index contributed by atoms with van der Waals surface area (Å²) in [5.74, 6) is 0.398. The van der Waals surface area contributed by atoms with Crippen molar-refractivity contribution in [2.24, 2.45) is 5.92 Å². The van der Waals surface area contributed by atoms with Crippen LogP contribution in [-0.2, 0) is 6.42 Å². The molecule has 0 fully saturated rings. The van der Waals surface area contributed by atoms with Crippen LogP contribution in [0.2, 0.25) is 0 Å². The number of nitro benzene ring substituents is 1. The molecule has 0 saturated carbocycles. The Balaban J connectivity index is 2.99. The summed E-state index contributed by atoms with van der Waals surface area (Å²) in [5.41, 5.74) is 1.00. The molecule has 0 aromatic heterocycles. The van der Waals surface area contributed by atoms with Crippen LogP contribution in [0, 0.1) is 16.0 Å². The van der Waals surface area contributed by atoms with Crippen LogP contribution in [-0.4, -0.2) is 18.0 Å². The molecule has 1 rings (SSSR count). The van der Waals surface area contributed by atoms with Crippen LogP contribution in [0.25, 0.3) is 0 Å². The van der Waals surface area contributed by atoms with Gasteiger partial charge in [-0.25, -0.2) is 0 Å². The number of hydrogen-bond acceptors (Lipinski definition) is 3. The van der Waals surface area contributed by atoms with Gasteiger partial charge in [-0.3, -0.25) is 10.1 Å². The normalized spacial score (nSPS) is 14.2. The van der Waals surface area contributed by atoms with Crippen LogP contribution >= 0.6 is 15.9 Å². The van der Waals surface area contributed by atoms with E-state index in [1.54, 1.807) is 6.07 Å². The van der Waals surface area contributed by atoms with Crippen molar-refractivity contribution in [1.82, 2.24) is 5.32 Å². The third kappa shape index (κ3) is 3.78. The Morgan fingerprint density at radius 1 is 1.50 bits per heavy atom. The van der Waals surface area contributed by atoms with Gasteiger partial charge in [-0.1, -0.05) is 35.3 Å². The molecule has 0 aliphatic heterocycles. The van der Waals surface area contributed by atoms with Gasteiger partial charge in [-0.2, -0.15) is 0 Å². The van der Waals surface area contributed by atoms with Crippen LogP contribution < -0.4 is 5.32 Å². The van der Waals surface area contributed by atoms with Crippen LogP contribution in [0.4, 0.5) is 5.69 Å². The second-order valence-corrected chi connectivity index (χ2v) is 5.40. The third-order valence-corrected chi connectivity index (χ3v) is 3.91. The van der Waals surface area contributed by atoms with Gasteiger partial charge < -0.3 is 5.32 Å². The summed E-state index contributed by atoms with van der Waals surface area (Å²) in [7, 11) is 1.92. The zero-order valence-corrected chi connectivity index (χ0v) is 12.5. The molecule has 0 spiro atoms. The molecule has 18 heavy (non-hydrogen) atoms. The number of rotatable bonds is 6. The molecule has 0 amide bonds. The Labute approximate surface area is 116 Å². The van der Waals surface area contributed by atoms with Crippen molar-refractivity contribution in [2.75, 3.05) is 7.05 Å². The van der Waals surface area contributed by atoms with Gasteiger partial charge in [-0.05, 0) is 32.4 Å². The van der Waals surface area contributed by atoms with E-state index >= 15 is 0 Å². The Morgan fingerprint density at radius 3 is 2.67 bits per heavy atom. The van der Waals surface area contributed by atoms with Gasteiger partial charge in [0, 0.05) is 22.1 Å². The van der Waals surface area contributed by atoms with Crippen molar-refractivity contribution in [2.45, 2.75) is 32.7 Å². The highest BCUT2D eigenvalue weighted by atomic mass is 79.9. The van der Waals surface area contributed by atoms with Gasteiger partial charge in [0.1, 0.15) is 0 Å². The molecule has 1 aromatic rings. The molecule has 0 saturated heterocycles. The van der Waals surface area contributed by atoms with Crippen molar-refractivity contribution in [1.29, 1.82) is 0 Å². The first kappa shape index (κ1) is 15.1. The minimum atomic E-state index is -0.309. The molecule has 100 valence electrons. The second kappa shape index (κ2) is 6.85. The zero-order chi connectivity index (χ0) is 13.7. The lowest BCUT2D eigenvalue weighted by Crippen LogP contribution is -2.31. The Morgan fingerprint density at radius 2 is 2.17 bits per heavy atom. The molecular weight excluding hydrogens is 296 g/mol. The summed E-state index contributed by atoms with van der Waals surface area (Å²) < 4.78 is 0.743. The van der Waals surface area contributed by atoms with Gasteiger partial charge in [-0.15, -0.1) is 0 Å². The number of nitrogens with zero attached hydrogens (tertiary/aromatic N) is 1. The van der Waals surface area contributed by atoms with Crippen LogP contribution in [0.15, 0.2) is 22.7 Å². The third-order valence-electron chi connectivity index (χ3n) is 3.41. The molecular formula is C13H19BrN2O2. The van der Waals surface area contributed by atoms with E-state index < -0.39 is 0 Å². The fraction of sp³-hybridized carbons (Fsp3) is 0.538. The average Bonchev–Trinajstić information content (AvgIpc) is 2.36. The highest BCUT2D eigenvalue weighted by Crippen LogP contribution is 2.27. The van der Waals surface area contributed by atoms with Gasteiger partial charge in [0.15, 0.2) is 0 Å². The predicted molar refractivity (Wildman–Crippen MR) is 76.8 cm³/mol. The molecule has 1 aromatic carbocycles. The first-order valence-corrected chi connectivity index (χ1v) is 6.89. The highest BCUT2D eigenvalue weighted by molar-refractivity contribution is 9.10. The van der Waals surface area contributed by atoms with Crippen molar-refractivity contribution in [3.63, 3.8) is 0 Å². The maximum Gasteiger partial charge on any atom is 0.273 e. The van der Waals surface area contributed by atoms with Crippen LogP contribution in [0.1, 0.15) is 25.8 Å². The molecule has 2 atom stereocenters. The van der Waals surface area contributed by atoms with E-state index in [1.807, 2.05) is 19.2 Å². The molecule has 4 nitrogen and oxygen atoms in total. The summed E-state index contributed by atoms with van der Waals surface area (Å²) in [6.45, 7) is 4.22. The highest BCUT2D eigenvalue weighted by Gasteiger charge is 2.20. The molecule has 0 heterocycles. The fourth-order valence-corrected chi connectivity index (χ4v) is 2.42. The first-order valence-electron chi connectivity index (χ1n) is 6.09. The summed E-state index contributed by atoms with van der Waals surface area (Å²) in [6, 6.07) is 5.62. The molecule has 2 unspecified atom stereocenters. The van der Waals surface area contributed by atoms with E-state index in [2.05, 4.69) is 35.1 Å². The topological polar surface area (TPSA) is 55.2 Å². The lowest BCUT2D eigenvalue weighted by Gasteiger charge is -2.22. The number of halogens is 1. The van der Waals surface area contributed by atoms with Crippen molar-refractivity contribution in [3.8, 4) is 0 Å². The minimum Gasteiger partial charge on any atom is -0.317 e. The number of nitrogens with one attached hydrogen (secondary N) is 1. The monoisotopic (exact) mass is 314 g/mol.